The van der Waals surface area contributed by atoms with Gasteiger partial charge in [-0.3, -0.25) is 0 Å². The molecule has 0 bridgehead atoms. The fraction of sp³-hybridized carbons (Fsp3) is 0.250. The summed E-state index contributed by atoms with van der Waals surface area (Å²) in [6.45, 7) is 2.12. The minimum atomic E-state index is -0.259. The summed E-state index contributed by atoms with van der Waals surface area (Å²) in [5.41, 5.74) is 1.96. The summed E-state index contributed by atoms with van der Waals surface area (Å²) in [4.78, 5) is 11.5. The Kier molecular flexibility index (Phi) is 2.73. The zero-order valence-electron chi connectivity index (χ0n) is 8.74. The van der Waals surface area contributed by atoms with Crippen LogP contribution in [0.1, 0.15) is 22.8 Å². The maximum Gasteiger partial charge on any atom is 0.339 e. The summed E-state index contributed by atoms with van der Waals surface area (Å²) in [5, 5.41) is 3.28. The Hall–Kier alpha value is -1.35. The first kappa shape index (κ1) is 10.2. The molecular weight excluding hydrogens is 208 g/mol. The van der Waals surface area contributed by atoms with Crippen LogP contribution in [0.5, 0.6) is 0 Å². The van der Waals surface area contributed by atoms with Crippen molar-refractivity contribution in [3.8, 4) is 0 Å². The normalized spacial score (nSPS) is 10.5. The fourth-order valence-electron chi connectivity index (χ4n) is 1.65. The van der Waals surface area contributed by atoms with Gasteiger partial charge in [0.2, 0.25) is 0 Å². The molecule has 2 nitrogen and oxygen atoms in total. The molecule has 3 heteroatoms. The highest BCUT2D eigenvalue weighted by Crippen LogP contribution is 2.29. The van der Waals surface area contributed by atoms with Crippen LogP contribution in [0.4, 0.5) is 0 Å². The Morgan fingerprint density at radius 2 is 2.27 bits per heavy atom. The van der Waals surface area contributed by atoms with Gasteiger partial charge in [0.1, 0.15) is 0 Å². The van der Waals surface area contributed by atoms with E-state index in [4.69, 9.17) is 4.74 Å². The van der Waals surface area contributed by atoms with Crippen LogP contribution in [0.25, 0.3) is 10.1 Å². The largest absolute Gasteiger partial charge is 0.465 e. The Labute approximate surface area is 92.5 Å². The van der Waals surface area contributed by atoms with E-state index in [1.807, 2.05) is 12.1 Å². The Morgan fingerprint density at radius 1 is 1.47 bits per heavy atom. The van der Waals surface area contributed by atoms with E-state index in [0.717, 1.165) is 11.1 Å². The number of esters is 1. The van der Waals surface area contributed by atoms with Gasteiger partial charge < -0.3 is 4.74 Å². The first-order chi connectivity index (χ1) is 7.27. The van der Waals surface area contributed by atoms with Crippen molar-refractivity contribution in [2.75, 3.05) is 7.11 Å². The molecule has 0 saturated heterocycles. The number of ether oxygens (including phenoxy) is 1. The van der Waals surface area contributed by atoms with E-state index in [1.165, 1.54) is 18.1 Å². The maximum absolute atomic E-state index is 11.5. The Morgan fingerprint density at radius 3 is 2.93 bits per heavy atom. The van der Waals surface area contributed by atoms with Gasteiger partial charge in [-0.05, 0) is 28.8 Å². The number of carbonyl (C=O) groups is 1. The highest BCUT2D eigenvalue weighted by atomic mass is 32.1. The molecule has 0 fully saturated rings. The number of methoxy groups -OCH3 is 1. The number of hydrogen-bond acceptors (Lipinski definition) is 3. The summed E-state index contributed by atoms with van der Waals surface area (Å²) < 4.78 is 5.78. The van der Waals surface area contributed by atoms with Gasteiger partial charge in [-0.15, -0.1) is 11.3 Å². The lowest BCUT2D eigenvalue weighted by atomic mass is 10.1. The van der Waals surface area contributed by atoms with Crippen LogP contribution >= 0.6 is 11.3 Å². The fourth-order valence-corrected chi connectivity index (χ4v) is 2.81. The number of benzene rings is 1. The van der Waals surface area contributed by atoms with Gasteiger partial charge in [-0.1, -0.05) is 19.1 Å². The SMILES string of the molecule is CCc1csc2c(C(=O)OC)cccc12. The Bertz CT molecular complexity index is 499. The van der Waals surface area contributed by atoms with Gasteiger partial charge >= 0.3 is 5.97 Å². The van der Waals surface area contributed by atoms with Crippen molar-refractivity contribution in [1.29, 1.82) is 0 Å². The van der Waals surface area contributed by atoms with Crippen molar-refractivity contribution in [1.82, 2.24) is 0 Å². The molecule has 0 aliphatic carbocycles. The van der Waals surface area contributed by atoms with Gasteiger partial charge in [0, 0.05) is 4.70 Å². The van der Waals surface area contributed by atoms with E-state index >= 15 is 0 Å². The highest BCUT2D eigenvalue weighted by Gasteiger charge is 2.12. The van der Waals surface area contributed by atoms with E-state index in [2.05, 4.69) is 18.4 Å². The molecule has 0 radical (unpaired) electrons. The average Bonchev–Trinajstić information content (AvgIpc) is 2.70. The number of fused-ring (bicyclic) bond motifs is 1. The third-order valence-electron chi connectivity index (χ3n) is 2.47. The van der Waals surface area contributed by atoms with Crippen LogP contribution in [0.2, 0.25) is 0 Å². The van der Waals surface area contributed by atoms with Crippen molar-refractivity contribution >= 4 is 27.4 Å². The minimum Gasteiger partial charge on any atom is -0.465 e. The molecule has 0 aliphatic rings. The molecule has 2 aromatic rings. The van der Waals surface area contributed by atoms with Crippen LogP contribution in [0, 0.1) is 0 Å². The van der Waals surface area contributed by atoms with Crippen LogP contribution < -0.4 is 0 Å². The van der Waals surface area contributed by atoms with E-state index in [1.54, 1.807) is 11.3 Å². The third kappa shape index (κ3) is 1.63. The van der Waals surface area contributed by atoms with Gasteiger partial charge in [0.05, 0.1) is 12.7 Å². The molecule has 0 saturated carbocycles. The lowest BCUT2D eigenvalue weighted by Crippen LogP contribution is -2.00. The maximum atomic E-state index is 11.5. The molecule has 0 aliphatic heterocycles. The predicted molar refractivity (Wildman–Crippen MR) is 62.5 cm³/mol. The molecule has 1 heterocycles. The first-order valence-electron chi connectivity index (χ1n) is 4.85. The Balaban J connectivity index is 2.67. The number of rotatable bonds is 2. The van der Waals surface area contributed by atoms with E-state index < -0.39 is 0 Å². The van der Waals surface area contributed by atoms with Gasteiger partial charge in [-0.2, -0.15) is 0 Å². The first-order valence-corrected chi connectivity index (χ1v) is 5.73. The van der Waals surface area contributed by atoms with Crippen molar-refractivity contribution in [3.05, 3.63) is 34.7 Å². The second kappa shape index (κ2) is 4.03. The molecule has 0 atom stereocenters. The summed E-state index contributed by atoms with van der Waals surface area (Å²) in [7, 11) is 1.41. The van der Waals surface area contributed by atoms with Crippen LogP contribution in [0.3, 0.4) is 0 Å². The molecule has 0 N–H and O–H groups in total. The number of aryl methyl sites for hydroxylation is 1. The molecular formula is C12H12O2S. The standard InChI is InChI=1S/C12H12O2S/c1-3-8-7-15-11-9(8)5-4-6-10(11)12(13)14-2/h4-7H,3H2,1-2H3. The number of thiophene rings is 1. The zero-order chi connectivity index (χ0) is 10.8. The monoisotopic (exact) mass is 220 g/mol. The average molecular weight is 220 g/mol. The predicted octanol–water partition coefficient (Wildman–Crippen LogP) is 3.25. The van der Waals surface area contributed by atoms with Gasteiger partial charge in [-0.25, -0.2) is 4.79 Å². The molecule has 0 spiro atoms. The van der Waals surface area contributed by atoms with Crippen LogP contribution in [0.15, 0.2) is 23.6 Å². The summed E-state index contributed by atoms with van der Waals surface area (Å²) in [5.74, 6) is -0.259. The van der Waals surface area contributed by atoms with Gasteiger partial charge in [0.15, 0.2) is 0 Å². The molecule has 1 aromatic carbocycles. The quantitative estimate of drug-likeness (QED) is 0.726. The van der Waals surface area contributed by atoms with Crippen LogP contribution in [-0.2, 0) is 11.2 Å². The van der Waals surface area contributed by atoms with E-state index in [0.29, 0.717) is 5.56 Å². The smallest absolute Gasteiger partial charge is 0.339 e. The molecule has 15 heavy (non-hydrogen) atoms. The second-order valence-corrected chi connectivity index (χ2v) is 4.17. The number of carbonyl (C=O) groups excluding carboxylic acids is 1. The molecule has 2 rings (SSSR count). The minimum absolute atomic E-state index is 0.259. The molecule has 0 unspecified atom stereocenters. The second-order valence-electron chi connectivity index (χ2n) is 3.29. The van der Waals surface area contributed by atoms with Crippen molar-refractivity contribution in [2.45, 2.75) is 13.3 Å². The number of hydrogen-bond donors (Lipinski definition) is 0. The highest BCUT2D eigenvalue weighted by molar-refractivity contribution is 7.17. The summed E-state index contributed by atoms with van der Waals surface area (Å²) >= 11 is 1.61. The molecule has 1 aromatic heterocycles. The van der Waals surface area contributed by atoms with Crippen molar-refractivity contribution in [3.63, 3.8) is 0 Å². The van der Waals surface area contributed by atoms with Crippen LogP contribution in [-0.4, -0.2) is 13.1 Å². The molecule has 78 valence electrons. The van der Waals surface area contributed by atoms with E-state index in [-0.39, 0.29) is 5.97 Å². The third-order valence-corrected chi connectivity index (χ3v) is 3.54. The lowest BCUT2D eigenvalue weighted by Gasteiger charge is -2.00. The van der Waals surface area contributed by atoms with Crippen molar-refractivity contribution < 1.29 is 9.53 Å². The summed E-state index contributed by atoms with van der Waals surface area (Å²) in [6, 6.07) is 5.77. The molecule has 0 amide bonds. The summed E-state index contributed by atoms with van der Waals surface area (Å²) in [6.07, 6.45) is 0.991. The van der Waals surface area contributed by atoms with Crippen molar-refractivity contribution in [2.24, 2.45) is 0 Å². The van der Waals surface area contributed by atoms with E-state index in [9.17, 15) is 4.79 Å². The zero-order valence-corrected chi connectivity index (χ0v) is 9.56. The van der Waals surface area contributed by atoms with Gasteiger partial charge in [0.25, 0.3) is 0 Å². The lowest BCUT2D eigenvalue weighted by molar-refractivity contribution is 0.0603. The topological polar surface area (TPSA) is 26.3 Å².